The Labute approximate surface area is 82.7 Å². The van der Waals surface area contributed by atoms with Crippen LogP contribution >= 0.6 is 0 Å². The first-order chi connectivity index (χ1) is 5.86. The van der Waals surface area contributed by atoms with Gasteiger partial charge in [0.25, 0.3) is 0 Å². The van der Waals surface area contributed by atoms with Gasteiger partial charge in [-0.25, -0.2) is 0 Å². The van der Waals surface area contributed by atoms with Gasteiger partial charge in [-0.15, -0.1) is 0 Å². The van der Waals surface area contributed by atoms with Crippen LogP contribution in [0.1, 0.15) is 41.0 Å². The van der Waals surface area contributed by atoms with Crippen LogP contribution in [0, 0.1) is 10.8 Å². The maximum atomic E-state index is 12.2. The molecule has 0 aliphatic heterocycles. The first kappa shape index (κ1) is 13.5. The minimum atomic E-state index is -4.73. The van der Waals surface area contributed by atoms with Crippen LogP contribution in [-0.2, 0) is 4.79 Å². The van der Waals surface area contributed by atoms with Crippen LogP contribution in [0.3, 0.4) is 0 Å². The second-order valence-corrected chi connectivity index (χ2v) is 5.45. The topological polar surface area (TPSA) is 17.1 Å². The van der Waals surface area contributed by atoms with E-state index < -0.39 is 17.4 Å². The van der Waals surface area contributed by atoms with E-state index in [4.69, 9.17) is 0 Å². The molecule has 0 radical (unpaired) electrons. The largest absolute Gasteiger partial charge is 0.450 e. The Kier molecular flexibility index (Phi) is 3.42. The second-order valence-electron chi connectivity index (χ2n) is 5.45. The fourth-order valence-electron chi connectivity index (χ4n) is 1.79. The number of Topliss-reactive ketones (excluding diaryl/α,β-unsaturated/α-hetero) is 1. The predicted octanol–water partition coefficient (Wildman–Crippen LogP) is 3.58. The van der Waals surface area contributed by atoms with Gasteiger partial charge in [0.05, 0.1) is 0 Å². The highest BCUT2D eigenvalue weighted by atomic mass is 19.4. The van der Waals surface area contributed by atoms with E-state index in [0.717, 1.165) is 0 Å². The fraction of sp³-hybridized carbons (Fsp3) is 0.900. The zero-order chi connectivity index (χ0) is 11.8. The van der Waals surface area contributed by atoms with Crippen LogP contribution in [0.15, 0.2) is 0 Å². The molecule has 0 spiro atoms. The molecular formula is C10H17F3O. The van der Waals surface area contributed by atoms with E-state index >= 15 is 0 Å². The maximum absolute atomic E-state index is 12.2. The average molecular weight is 210 g/mol. The van der Waals surface area contributed by atoms with E-state index in [1.807, 2.05) is 20.8 Å². The highest BCUT2D eigenvalue weighted by Gasteiger charge is 2.48. The number of hydrogen-bond acceptors (Lipinski definition) is 1. The average Bonchev–Trinajstić information content (AvgIpc) is 1.78. The van der Waals surface area contributed by atoms with E-state index in [0.29, 0.717) is 0 Å². The van der Waals surface area contributed by atoms with E-state index in [1.54, 1.807) is 0 Å². The first-order valence-corrected chi connectivity index (χ1v) is 4.48. The quantitative estimate of drug-likeness (QED) is 0.680. The van der Waals surface area contributed by atoms with Crippen molar-refractivity contribution in [2.24, 2.45) is 10.8 Å². The van der Waals surface area contributed by atoms with Gasteiger partial charge < -0.3 is 0 Å². The lowest BCUT2D eigenvalue weighted by atomic mass is 9.73. The number of rotatable bonds is 2. The van der Waals surface area contributed by atoms with E-state index in [2.05, 4.69) is 0 Å². The summed E-state index contributed by atoms with van der Waals surface area (Å²) in [7, 11) is 0. The fourth-order valence-corrected chi connectivity index (χ4v) is 1.79. The molecule has 1 nitrogen and oxygen atoms in total. The first-order valence-electron chi connectivity index (χ1n) is 4.48. The van der Waals surface area contributed by atoms with Gasteiger partial charge >= 0.3 is 6.18 Å². The Bertz CT molecular complexity index is 221. The molecule has 0 aliphatic rings. The van der Waals surface area contributed by atoms with Gasteiger partial charge in [-0.05, 0) is 11.8 Å². The smallest absolute Gasteiger partial charge is 0.289 e. The lowest BCUT2D eigenvalue weighted by Crippen LogP contribution is -2.39. The summed E-state index contributed by atoms with van der Waals surface area (Å²) < 4.78 is 36.5. The molecule has 0 N–H and O–H groups in total. The molecule has 0 aromatic rings. The lowest BCUT2D eigenvalue weighted by Gasteiger charge is -2.31. The minimum absolute atomic E-state index is 0.221. The number of carbonyl (C=O) groups is 1. The van der Waals surface area contributed by atoms with Gasteiger partial charge in [-0.1, -0.05) is 34.6 Å². The summed E-state index contributed by atoms with van der Waals surface area (Å²) in [4.78, 5) is 11.0. The van der Waals surface area contributed by atoms with Crippen molar-refractivity contribution in [1.82, 2.24) is 0 Å². The van der Waals surface area contributed by atoms with Gasteiger partial charge in [-0.2, -0.15) is 13.2 Å². The van der Waals surface area contributed by atoms with Crippen molar-refractivity contribution in [3.8, 4) is 0 Å². The Morgan fingerprint density at radius 1 is 1.00 bits per heavy atom. The van der Waals surface area contributed by atoms with Crippen molar-refractivity contribution < 1.29 is 18.0 Å². The molecule has 0 unspecified atom stereocenters. The Morgan fingerprint density at radius 2 is 1.36 bits per heavy atom. The molecule has 0 fully saturated rings. The molecule has 84 valence electrons. The zero-order valence-corrected chi connectivity index (χ0v) is 9.25. The summed E-state index contributed by atoms with van der Waals surface area (Å²) >= 11 is 0. The van der Waals surface area contributed by atoms with Gasteiger partial charge in [-0.3, -0.25) is 4.79 Å². The number of carbonyl (C=O) groups excluding carboxylic acids is 1. The van der Waals surface area contributed by atoms with Gasteiger partial charge in [0.2, 0.25) is 5.78 Å². The molecule has 0 bridgehead atoms. The second kappa shape index (κ2) is 3.55. The third-order valence-corrected chi connectivity index (χ3v) is 1.84. The van der Waals surface area contributed by atoms with Crippen LogP contribution < -0.4 is 0 Å². The normalized spacial score (nSPS) is 14.3. The number of alkyl halides is 3. The van der Waals surface area contributed by atoms with E-state index in [1.165, 1.54) is 13.8 Å². The Balaban J connectivity index is 4.72. The number of hydrogen-bond donors (Lipinski definition) is 0. The molecule has 4 heteroatoms. The maximum Gasteiger partial charge on any atom is 0.450 e. The highest BCUT2D eigenvalue weighted by molar-refractivity contribution is 5.89. The summed E-state index contributed by atoms with van der Waals surface area (Å²) in [5.74, 6) is -1.64. The van der Waals surface area contributed by atoms with Crippen LogP contribution in [0.25, 0.3) is 0 Å². The van der Waals surface area contributed by atoms with Crippen molar-refractivity contribution in [1.29, 1.82) is 0 Å². The van der Waals surface area contributed by atoms with Crippen LogP contribution in [-0.4, -0.2) is 12.0 Å². The summed E-state index contributed by atoms with van der Waals surface area (Å²) in [6.07, 6.45) is -4.51. The molecule has 0 heterocycles. The summed E-state index contributed by atoms with van der Waals surface area (Å²) in [5, 5.41) is 0. The third kappa shape index (κ3) is 4.11. The van der Waals surface area contributed by atoms with E-state index in [9.17, 15) is 18.0 Å². The van der Waals surface area contributed by atoms with Gasteiger partial charge in [0.1, 0.15) is 0 Å². The summed E-state index contributed by atoms with van der Waals surface area (Å²) in [5.41, 5.74) is -1.62. The summed E-state index contributed by atoms with van der Waals surface area (Å²) in [6, 6.07) is 0. The minimum Gasteiger partial charge on any atom is -0.289 e. The molecule has 14 heavy (non-hydrogen) atoms. The van der Waals surface area contributed by atoms with Gasteiger partial charge in [0.15, 0.2) is 0 Å². The standard InChI is InChI=1S/C10H17F3O/c1-8(2,3)6-9(4,5)7(14)10(11,12)13/h6H2,1-5H3. The van der Waals surface area contributed by atoms with Crippen molar-refractivity contribution in [2.75, 3.05) is 0 Å². The van der Waals surface area contributed by atoms with Crippen molar-refractivity contribution in [3.05, 3.63) is 0 Å². The van der Waals surface area contributed by atoms with Crippen molar-refractivity contribution in [3.63, 3.8) is 0 Å². The Morgan fingerprint density at radius 3 is 1.57 bits per heavy atom. The monoisotopic (exact) mass is 210 g/mol. The van der Waals surface area contributed by atoms with Crippen LogP contribution in [0.2, 0.25) is 0 Å². The van der Waals surface area contributed by atoms with Crippen molar-refractivity contribution in [2.45, 2.75) is 47.2 Å². The molecule has 0 aromatic heterocycles. The van der Waals surface area contributed by atoms with E-state index in [-0.39, 0.29) is 11.8 Å². The molecule has 0 atom stereocenters. The molecule has 0 amide bonds. The number of ketones is 1. The molecule has 0 aromatic carbocycles. The van der Waals surface area contributed by atoms with Crippen molar-refractivity contribution >= 4 is 5.78 Å². The molecule has 0 rings (SSSR count). The highest BCUT2D eigenvalue weighted by Crippen LogP contribution is 2.38. The van der Waals surface area contributed by atoms with Crippen LogP contribution in [0.5, 0.6) is 0 Å². The zero-order valence-electron chi connectivity index (χ0n) is 9.25. The lowest BCUT2D eigenvalue weighted by molar-refractivity contribution is -0.181. The predicted molar refractivity (Wildman–Crippen MR) is 48.9 cm³/mol. The Hall–Kier alpha value is -0.540. The summed E-state index contributed by atoms with van der Waals surface area (Å²) in [6.45, 7) is 8.14. The third-order valence-electron chi connectivity index (χ3n) is 1.84. The molecule has 0 saturated heterocycles. The molecular weight excluding hydrogens is 193 g/mol. The molecule has 0 aliphatic carbocycles. The number of halogens is 3. The van der Waals surface area contributed by atoms with Gasteiger partial charge in [0, 0.05) is 5.41 Å². The molecule has 0 saturated carbocycles. The SMILES string of the molecule is CC(C)(C)CC(C)(C)C(=O)C(F)(F)F. The van der Waals surface area contributed by atoms with Crippen LogP contribution in [0.4, 0.5) is 13.2 Å².